The van der Waals surface area contributed by atoms with Gasteiger partial charge in [0, 0.05) is 32.7 Å². The Morgan fingerprint density at radius 3 is 2.46 bits per heavy atom. The summed E-state index contributed by atoms with van der Waals surface area (Å²) in [4.78, 5) is 9.52. The summed E-state index contributed by atoms with van der Waals surface area (Å²) in [7, 11) is 7.67. The van der Waals surface area contributed by atoms with E-state index >= 15 is 0 Å². The van der Waals surface area contributed by atoms with Gasteiger partial charge in [-0.05, 0) is 50.9 Å². The van der Waals surface area contributed by atoms with Crippen LogP contribution in [0.3, 0.4) is 0 Å². The van der Waals surface area contributed by atoms with Crippen molar-refractivity contribution in [3.8, 4) is 11.5 Å². The molecule has 158 valence electrons. The van der Waals surface area contributed by atoms with Gasteiger partial charge in [-0.2, -0.15) is 0 Å². The number of rotatable bonds is 10. The highest BCUT2D eigenvalue weighted by Gasteiger charge is 2.18. The van der Waals surface area contributed by atoms with Gasteiger partial charge in [0.25, 0.3) is 0 Å². The fraction of sp³-hybridized carbons (Fsp3) is 0.682. The second kappa shape index (κ2) is 11.8. The highest BCUT2D eigenvalue weighted by atomic mass is 16.5. The van der Waals surface area contributed by atoms with Gasteiger partial charge in [-0.15, -0.1) is 0 Å². The van der Waals surface area contributed by atoms with E-state index in [1.807, 2.05) is 12.1 Å². The van der Waals surface area contributed by atoms with Crippen LogP contribution in [-0.4, -0.2) is 76.3 Å². The van der Waals surface area contributed by atoms with Crippen LogP contribution >= 0.6 is 0 Å². The van der Waals surface area contributed by atoms with Crippen LogP contribution in [0.15, 0.2) is 23.2 Å². The van der Waals surface area contributed by atoms with Crippen molar-refractivity contribution < 1.29 is 9.47 Å². The molecule has 1 N–H and O–H groups in total. The molecule has 1 aliphatic rings. The Morgan fingerprint density at radius 2 is 1.82 bits per heavy atom. The van der Waals surface area contributed by atoms with Crippen LogP contribution in [0.1, 0.15) is 38.2 Å². The summed E-state index contributed by atoms with van der Waals surface area (Å²) in [6.45, 7) is 5.72. The lowest BCUT2D eigenvalue weighted by Crippen LogP contribution is -2.40. The monoisotopic (exact) mass is 390 g/mol. The summed E-state index contributed by atoms with van der Waals surface area (Å²) in [6, 6.07) is 6.86. The van der Waals surface area contributed by atoms with Gasteiger partial charge in [-0.1, -0.05) is 18.9 Å². The first kappa shape index (κ1) is 22.3. The maximum Gasteiger partial charge on any atom is 0.193 e. The second-order valence-electron chi connectivity index (χ2n) is 7.52. The predicted molar refractivity (Wildman–Crippen MR) is 117 cm³/mol. The van der Waals surface area contributed by atoms with Crippen molar-refractivity contribution in [1.29, 1.82) is 0 Å². The lowest BCUT2D eigenvalue weighted by molar-refractivity contribution is 0.252. The van der Waals surface area contributed by atoms with E-state index in [9.17, 15) is 0 Å². The number of guanidine groups is 1. The van der Waals surface area contributed by atoms with Crippen molar-refractivity contribution in [2.24, 2.45) is 4.99 Å². The van der Waals surface area contributed by atoms with E-state index in [-0.39, 0.29) is 0 Å². The maximum atomic E-state index is 5.41. The second-order valence-corrected chi connectivity index (χ2v) is 7.52. The average Bonchev–Trinajstić information content (AvgIpc) is 3.26. The fourth-order valence-electron chi connectivity index (χ4n) is 3.75. The molecule has 2 rings (SSSR count). The van der Waals surface area contributed by atoms with E-state index in [1.165, 1.54) is 31.2 Å². The first-order valence-electron chi connectivity index (χ1n) is 10.5. The van der Waals surface area contributed by atoms with Crippen LogP contribution < -0.4 is 14.8 Å². The van der Waals surface area contributed by atoms with Crippen LogP contribution in [0.5, 0.6) is 11.5 Å². The molecule has 0 spiro atoms. The number of likely N-dealkylation sites (N-methyl/N-ethyl adjacent to an activating group) is 2. The van der Waals surface area contributed by atoms with Crippen molar-refractivity contribution in [3.05, 3.63) is 23.8 Å². The number of benzene rings is 1. The lowest BCUT2D eigenvalue weighted by Gasteiger charge is -2.25. The van der Waals surface area contributed by atoms with Gasteiger partial charge in [0.15, 0.2) is 17.5 Å². The first-order chi connectivity index (χ1) is 13.6. The summed E-state index contributed by atoms with van der Waals surface area (Å²) in [6.07, 6.45) is 6.35. The molecule has 1 saturated carbocycles. The number of methoxy groups -OCH3 is 2. The molecule has 0 unspecified atom stereocenters. The number of aliphatic imine (C=N–C) groups is 1. The molecule has 6 heteroatoms. The standard InChI is InChI=1S/C22H38N4O2/c1-6-23-22(24-14-16-25(2)19-9-7-8-10-19)26(3)15-13-18-11-12-20(27-4)21(17-18)28-5/h11-12,17,19H,6-10,13-16H2,1-5H3,(H,23,24). The van der Waals surface area contributed by atoms with E-state index in [2.05, 4.69) is 42.2 Å². The molecule has 6 nitrogen and oxygen atoms in total. The Kier molecular flexibility index (Phi) is 9.41. The molecule has 0 bridgehead atoms. The zero-order valence-electron chi connectivity index (χ0n) is 18.3. The molecule has 1 aliphatic carbocycles. The minimum Gasteiger partial charge on any atom is -0.493 e. The van der Waals surface area contributed by atoms with Crippen LogP contribution in [0.2, 0.25) is 0 Å². The topological polar surface area (TPSA) is 49.3 Å². The smallest absolute Gasteiger partial charge is 0.193 e. The number of hydrogen-bond donors (Lipinski definition) is 1. The van der Waals surface area contributed by atoms with Crippen molar-refractivity contribution >= 4 is 5.96 Å². The minimum absolute atomic E-state index is 0.751. The van der Waals surface area contributed by atoms with Crippen molar-refractivity contribution in [3.63, 3.8) is 0 Å². The summed E-state index contributed by atoms with van der Waals surface area (Å²) < 4.78 is 10.7. The summed E-state index contributed by atoms with van der Waals surface area (Å²) >= 11 is 0. The average molecular weight is 391 g/mol. The molecule has 0 aliphatic heterocycles. The van der Waals surface area contributed by atoms with Gasteiger partial charge in [0.05, 0.1) is 20.8 Å². The van der Waals surface area contributed by atoms with Crippen molar-refractivity contribution in [1.82, 2.24) is 15.1 Å². The van der Waals surface area contributed by atoms with E-state index in [0.29, 0.717) is 0 Å². The van der Waals surface area contributed by atoms with E-state index in [1.54, 1.807) is 14.2 Å². The molecule has 0 amide bonds. The van der Waals surface area contributed by atoms with Crippen LogP contribution in [0.25, 0.3) is 0 Å². The molecule has 0 radical (unpaired) electrons. The number of nitrogens with one attached hydrogen (secondary N) is 1. The van der Waals surface area contributed by atoms with Gasteiger partial charge in [-0.25, -0.2) is 0 Å². The van der Waals surface area contributed by atoms with Crippen LogP contribution in [0, 0.1) is 0 Å². The molecule has 1 fully saturated rings. The van der Waals surface area contributed by atoms with E-state index in [0.717, 1.165) is 56.1 Å². The van der Waals surface area contributed by atoms with E-state index < -0.39 is 0 Å². The molecule has 0 heterocycles. The van der Waals surface area contributed by atoms with Crippen molar-refractivity contribution in [2.45, 2.75) is 45.1 Å². The van der Waals surface area contributed by atoms with Crippen molar-refractivity contribution in [2.75, 3.05) is 54.5 Å². The molecular weight excluding hydrogens is 352 g/mol. The van der Waals surface area contributed by atoms with Gasteiger partial charge in [0.1, 0.15) is 0 Å². The van der Waals surface area contributed by atoms with Gasteiger partial charge in [-0.3, -0.25) is 4.99 Å². The predicted octanol–water partition coefficient (Wildman–Crippen LogP) is 3.02. The zero-order valence-corrected chi connectivity index (χ0v) is 18.3. The Balaban J connectivity index is 1.88. The molecule has 1 aromatic carbocycles. The Labute approximate surface area is 170 Å². The lowest BCUT2D eigenvalue weighted by atomic mass is 10.1. The van der Waals surface area contributed by atoms with E-state index in [4.69, 9.17) is 14.5 Å². The highest BCUT2D eigenvalue weighted by Crippen LogP contribution is 2.27. The summed E-state index contributed by atoms with van der Waals surface area (Å²) in [5.74, 6) is 2.52. The summed E-state index contributed by atoms with van der Waals surface area (Å²) in [5.41, 5.74) is 1.22. The molecule has 0 atom stereocenters. The van der Waals surface area contributed by atoms with Gasteiger partial charge < -0.3 is 24.6 Å². The number of ether oxygens (including phenoxy) is 2. The highest BCUT2D eigenvalue weighted by molar-refractivity contribution is 5.79. The molecular formula is C22H38N4O2. The van der Waals surface area contributed by atoms with Gasteiger partial charge in [0.2, 0.25) is 0 Å². The minimum atomic E-state index is 0.751. The SMILES string of the molecule is CCNC(=NCCN(C)C1CCCC1)N(C)CCc1ccc(OC)c(OC)c1. The normalized spacial score (nSPS) is 15.1. The maximum absolute atomic E-state index is 5.41. The quantitative estimate of drug-likeness (QED) is 0.492. The molecule has 0 aromatic heterocycles. The first-order valence-corrected chi connectivity index (χ1v) is 10.5. The van der Waals surface area contributed by atoms with Crippen LogP contribution in [0.4, 0.5) is 0 Å². The number of hydrogen-bond acceptors (Lipinski definition) is 4. The van der Waals surface area contributed by atoms with Gasteiger partial charge >= 0.3 is 0 Å². The van der Waals surface area contributed by atoms with Crippen LogP contribution in [-0.2, 0) is 6.42 Å². The third-order valence-electron chi connectivity index (χ3n) is 5.54. The molecule has 0 saturated heterocycles. The zero-order chi connectivity index (χ0) is 20.4. The third-order valence-corrected chi connectivity index (χ3v) is 5.54. The Morgan fingerprint density at radius 1 is 1.11 bits per heavy atom. The summed E-state index contributed by atoms with van der Waals surface area (Å²) in [5, 5.41) is 3.42. The molecule has 1 aromatic rings. The molecule has 28 heavy (non-hydrogen) atoms. The Bertz CT molecular complexity index is 615. The Hall–Kier alpha value is -1.95. The number of nitrogens with zero attached hydrogens (tertiary/aromatic N) is 3. The fourth-order valence-corrected chi connectivity index (χ4v) is 3.75. The third kappa shape index (κ3) is 6.59. The largest absolute Gasteiger partial charge is 0.493 e.